The molecular weight excluding hydrogens is 242 g/mol. The Hall–Kier alpha value is -2.09. The van der Waals surface area contributed by atoms with Crippen LogP contribution in [-0.4, -0.2) is 18.0 Å². The number of hydrogen-bond acceptors (Lipinski definition) is 4. The van der Waals surface area contributed by atoms with Crippen LogP contribution < -0.4 is 10.1 Å². The van der Waals surface area contributed by atoms with Crippen LogP contribution in [0.2, 0.25) is 0 Å². The van der Waals surface area contributed by atoms with Crippen LogP contribution in [0.4, 0.5) is 0 Å². The molecule has 0 aromatic carbocycles. The van der Waals surface area contributed by atoms with Crippen molar-refractivity contribution in [3.05, 3.63) is 23.9 Å². The van der Waals surface area contributed by atoms with Crippen LogP contribution in [0.3, 0.4) is 0 Å². The summed E-state index contributed by atoms with van der Waals surface area (Å²) >= 11 is 0. The Morgan fingerprint density at radius 2 is 2.42 bits per heavy atom. The minimum absolute atomic E-state index is 0.177. The molecule has 1 aromatic heterocycles. The molecule has 0 bridgehead atoms. The molecule has 1 aromatic rings. The predicted molar refractivity (Wildman–Crippen MR) is 69.1 cm³/mol. The van der Waals surface area contributed by atoms with E-state index in [0.717, 1.165) is 5.56 Å². The first-order valence-corrected chi connectivity index (χ1v) is 6.28. The van der Waals surface area contributed by atoms with Crippen LogP contribution in [0.15, 0.2) is 18.3 Å². The van der Waals surface area contributed by atoms with Gasteiger partial charge in [-0.1, -0.05) is 6.92 Å². The van der Waals surface area contributed by atoms with Gasteiger partial charge in [0.1, 0.15) is 5.41 Å². The van der Waals surface area contributed by atoms with Gasteiger partial charge in [-0.05, 0) is 30.4 Å². The number of methoxy groups -OCH3 is 1. The summed E-state index contributed by atoms with van der Waals surface area (Å²) in [7, 11) is 1.55. The van der Waals surface area contributed by atoms with Crippen molar-refractivity contribution in [2.75, 3.05) is 7.11 Å². The number of nitrogens with zero attached hydrogens (tertiary/aromatic N) is 2. The second-order valence-corrected chi connectivity index (χ2v) is 5.10. The summed E-state index contributed by atoms with van der Waals surface area (Å²) in [4.78, 5) is 16.1. The Morgan fingerprint density at radius 3 is 3.00 bits per heavy atom. The summed E-state index contributed by atoms with van der Waals surface area (Å²) < 4.78 is 5.02. The van der Waals surface area contributed by atoms with Gasteiger partial charge < -0.3 is 10.1 Å². The Balaban J connectivity index is 1.95. The lowest BCUT2D eigenvalue weighted by Gasteiger charge is -2.39. The van der Waals surface area contributed by atoms with E-state index in [1.807, 2.05) is 6.07 Å². The Kier molecular flexibility index (Phi) is 3.70. The highest BCUT2D eigenvalue weighted by Crippen LogP contribution is 2.45. The maximum Gasteiger partial charge on any atom is 0.240 e. The molecule has 0 atom stereocenters. The number of nitriles is 1. The quantitative estimate of drug-likeness (QED) is 0.892. The van der Waals surface area contributed by atoms with Crippen LogP contribution in [0.5, 0.6) is 5.88 Å². The van der Waals surface area contributed by atoms with Gasteiger partial charge in [-0.25, -0.2) is 4.98 Å². The van der Waals surface area contributed by atoms with E-state index in [1.165, 1.54) is 0 Å². The summed E-state index contributed by atoms with van der Waals surface area (Å²) in [6.07, 6.45) is 2.93. The number of ether oxygens (including phenoxy) is 1. The molecule has 5 nitrogen and oxygen atoms in total. The van der Waals surface area contributed by atoms with Gasteiger partial charge in [-0.3, -0.25) is 4.79 Å². The highest BCUT2D eigenvalue weighted by Gasteiger charge is 2.48. The number of pyridine rings is 1. The average molecular weight is 259 g/mol. The molecule has 1 fully saturated rings. The van der Waals surface area contributed by atoms with Crippen molar-refractivity contribution < 1.29 is 9.53 Å². The standard InChI is InChI=1S/C14H17N3O2/c1-10-6-14(7-10,9-15)13(18)17-8-11-3-4-16-12(5-11)19-2/h3-5,10H,6-8H2,1-2H3,(H,17,18). The molecule has 19 heavy (non-hydrogen) atoms. The zero-order valence-electron chi connectivity index (χ0n) is 11.1. The maximum atomic E-state index is 12.1. The second kappa shape index (κ2) is 5.27. The molecule has 0 radical (unpaired) electrons. The van der Waals surface area contributed by atoms with E-state index in [2.05, 4.69) is 23.3 Å². The lowest BCUT2D eigenvalue weighted by Crippen LogP contribution is -2.47. The van der Waals surface area contributed by atoms with Gasteiger partial charge in [0.25, 0.3) is 0 Å². The van der Waals surface area contributed by atoms with Gasteiger partial charge in [-0.2, -0.15) is 5.26 Å². The van der Waals surface area contributed by atoms with E-state index in [9.17, 15) is 4.79 Å². The van der Waals surface area contributed by atoms with Gasteiger partial charge in [-0.15, -0.1) is 0 Å². The molecule has 1 aliphatic rings. The molecule has 1 N–H and O–H groups in total. The van der Waals surface area contributed by atoms with Gasteiger partial charge in [0.2, 0.25) is 11.8 Å². The lowest BCUT2D eigenvalue weighted by atomic mass is 9.63. The minimum Gasteiger partial charge on any atom is -0.481 e. The number of hydrogen-bond donors (Lipinski definition) is 1. The predicted octanol–water partition coefficient (Wildman–Crippen LogP) is 1.65. The molecule has 0 aliphatic heterocycles. The van der Waals surface area contributed by atoms with E-state index in [-0.39, 0.29) is 5.91 Å². The maximum absolute atomic E-state index is 12.1. The van der Waals surface area contributed by atoms with Gasteiger partial charge in [0.05, 0.1) is 13.2 Å². The first-order chi connectivity index (χ1) is 9.09. The summed E-state index contributed by atoms with van der Waals surface area (Å²) in [6.45, 7) is 2.44. The fraction of sp³-hybridized carbons (Fsp3) is 0.500. The summed E-state index contributed by atoms with van der Waals surface area (Å²) in [5.41, 5.74) is 0.0805. The van der Waals surface area contributed by atoms with Gasteiger partial charge in [0.15, 0.2) is 0 Å². The van der Waals surface area contributed by atoms with Crippen LogP contribution in [0, 0.1) is 22.7 Å². The van der Waals surface area contributed by atoms with Crippen molar-refractivity contribution in [1.82, 2.24) is 10.3 Å². The third kappa shape index (κ3) is 2.68. The fourth-order valence-corrected chi connectivity index (χ4v) is 2.48. The van der Waals surface area contributed by atoms with Crippen LogP contribution >= 0.6 is 0 Å². The summed E-state index contributed by atoms with van der Waals surface area (Å²) in [5.74, 6) is 0.786. The third-order valence-electron chi connectivity index (χ3n) is 3.50. The third-order valence-corrected chi connectivity index (χ3v) is 3.50. The largest absolute Gasteiger partial charge is 0.481 e. The molecule has 2 rings (SSSR count). The molecular formula is C14H17N3O2. The topological polar surface area (TPSA) is 75.0 Å². The number of carbonyl (C=O) groups is 1. The highest BCUT2D eigenvalue weighted by atomic mass is 16.5. The summed E-state index contributed by atoms with van der Waals surface area (Å²) in [6, 6.07) is 5.73. The van der Waals surface area contributed by atoms with Crippen molar-refractivity contribution in [3.8, 4) is 11.9 Å². The van der Waals surface area contributed by atoms with Crippen molar-refractivity contribution in [2.45, 2.75) is 26.3 Å². The minimum atomic E-state index is -0.823. The monoisotopic (exact) mass is 259 g/mol. The number of rotatable bonds is 4. The molecule has 100 valence electrons. The molecule has 0 saturated heterocycles. The zero-order chi connectivity index (χ0) is 13.9. The van der Waals surface area contributed by atoms with Crippen LogP contribution in [0.25, 0.3) is 0 Å². The molecule has 1 amide bonds. The molecule has 1 heterocycles. The van der Waals surface area contributed by atoms with E-state index in [0.29, 0.717) is 31.2 Å². The molecule has 1 aliphatic carbocycles. The number of amides is 1. The first-order valence-electron chi connectivity index (χ1n) is 6.28. The highest BCUT2D eigenvalue weighted by molar-refractivity contribution is 5.86. The molecule has 0 spiro atoms. The first kappa shape index (κ1) is 13.3. The average Bonchev–Trinajstić information content (AvgIpc) is 2.41. The van der Waals surface area contributed by atoms with E-state index < -0.39 is 5.41 Å². The second-order valence-electron chi connectivity index (χ2n) is 5.10. The Labute approximate surface area is 112 Å². The van der Waals surface area contributed by atoms with Crippen LogP contribution in [-0.2, 0) is 11.3 Å². The van der Waals surface area contributed by atoms with Crippen molar-refractivity contribution in [3.63, 3.8) is 0 Å². The smallest absolute Gasteiger partial charge is 0.240 e. The van der Waals surface area contributed by atoms with Gasteiger partial charge >= 0.3 is 0 Å². The van der Waals surface area contributed by atoms with Crippen molar-refractivity contribution in [2.24, 2.45) is 11.3 Å². The SMILES string of the molecule is COc1cc(CNC(=O)C2(C#N)CC(C)C2)ccn1. The molecule has 5 heteroatoms. The number of nitrogens with one attached hydrogen (secondary N) is 1. The van der Waals surface area contributed by atoms with Gasteiger partial charge in [0, 0.05) is 18.8 Å². The van der Waals surface area contributed by atoms with Crippen molar-refractivity contribution in [1.29, 1.82) is 5.26 Å². The van der Waals surface area contributed by atoms with E-state index >= 15 is 0 Å². The summed E-state index contributed by atoms with van der Waals surface area (Å²) in [5, 5.41) is 12.0. The Bertz CT molecular complexity index is 516. The van der Waals surface area contributed by atoms with Crippen molar-refractivity contribution >= 4 is 5.91 Å². The number of aromatic nitrogens is 1. The zero-order valence-corrected chi connectivity index (χ0v) is 11.1. The number of carbonyl (C=O) groups excluding carboxylic acids is 1. The van der Waals surface area contributed by atoms with E-state index in [1.54, 1.807) is 19.4 Å². The van der Waals surface area contributed by atoms with E-state index in [4.69, 9.17) is 10.00 Å². The lowest BCUT2D eigenvalue weighted by molar-refractivity contribution is -0.134. The normalized spacial score (nSPS) is 25.0. The molecule has 1 saturated carbocycles. The van der Waals surface area contributed by atoms with Crippen LogP contribution in [0.1, 0.15) is 25.3 Å². The molecule has 0 unspecified atom stereocenters. The Morgan fingerprint density at radius 1 is 1.68 bits per heavy atom. The fourth-order valence-electron chi connectivity index (χ4n) is 2.48.